The van der Waals surface area contributed by atoms with Crippen molar-refractivity contribution in [3.8, 4) is 0 Å². The van der Waals surface area contributed by atoms with Crippen LogP contribution in [0.3, 0.4) is 0 Å². The number of hydrogen-bond acceptors (Lipinski definition) is 4. The number of nitrogens with zero attached hydrogens (tertiary/aromatic N) is 1. The van der Waals surface area contributed by atoms with Gasteiger partial charge in [0.05, 0.1) is 16.9 Å². The quantitative estimate of drug-likeness (QED) is 0.622. The van der Waals surface area contributed by atoms with Crippen molar-refractivity contribution < 1.29 is 4.79 Å². The van der Waals surface area contributed by atoms with Gasteiger partial charge in [0.1, 0.15) is 5.78 Å². The summed E-state index contributed by atoms with van der Waals surface area (Å²) in [6, 6.07) is 6.98. The second-order valence-corrected chi connectivity index (χ2v) is 3.47. The Morgan fingerprint density at radius 2 is 2.13 bits per heavy atom. The van der Waals surface area contributed by atoms with E-state index < -0.39 is 6.04 Å². The molecule has 0 bridgehead atoms. The third-order valence-electron chi connectivity index (χ3n) is 2.09. The summed E-state index contributed by atoms with van der Waals surface area (Å²) in [6.45, 7) is 1.50. The Labute approximate surface area is 94.0 Å². The zero-order chi connectivity index (χ0) is 11.3. The highest BCUT2D eigenvalue weighted by Crippen LogP contribution is 2.13. The van der Waals surface area contributed by atoms with Gasteiger partial charge in [-0.05, 0) is 43.3 Å². The molecule has 15 heavy (non-hydrogen) atoms. The Hall–Kier alpha value is -1.35. The average molecular weight is 220 g/mol. The molecule has 0 saturated heterocycles. The van der Waals surface area contributed by atoms with E-state index in [9.17, 15) is 4.79 Å². The van der Waals surface area contributed by atoms with Crippen LogP contribution in [-0.2, 0) is 11.2 Å². The molecule has 0 fully saturated rings. The Morgan fingerprint density at radius 3 is 2.60 bits per heavy atom. The van der Waals surface area contributed by atoms with Crippen LogP contribution in [-0.4, -0.2) is 17.0 Å². The van der Waals surface area contributed by atoms with Crippen molar-refractivity contribution in [2.24, 2.45) is 10.7 Å². The molecule has 0 radical (unpaired) electrons. The molecule has 78 valence electrons. The lowest BCUT2D eigenvalue weighted by atomic mass is 10.0. The molecule has 0 spiro atoms. The van der Waals surface area contributed by atoms with Crippen molar-refractivity contribution in [2.45, 2.75) is 19.4 Å². The van der Waals surface area contributed by atoms with E-state index in [2.05, 4.69) is 22.4 Å². The van der Waals surface area contributed by atoms with Crippen molar-refractivity contribution in [1.82, 2.24) is 0 Å². The van der Waals surface area contributed by atoms with E-state index in [-0.39, 0.29) is 5.78 Å². The summed E-state index contributed by atoms with van der Waals surface area (Å²) < 4.78 is 0. The maximum absolute atomic E-state index is 11.0. The third kappa shape index (κ3) is 3.72. The standard InChI is InChI=1S/C11H12N2OS/c1-8(14)11(12)6-9-2-4-10(5-3-9)13-7-15/h2-5,11H,6,12H2,1H3. The van der Waals surface area contributed by atoms with Crippen LogP contribution in [0.4, 0.5) is 5.69 Å². The molecule has 0 amide bonds. The Bertz CT molecular complexity index is 394. The SMILES string of the molecule is CC(=O)C(N)Cc1ccc(N=C=S)cc1. The highest BCUT2D eigenvalue weighted by molar-refractivity contribution is 7.78. The maximum Gasteiger partial charge on any atom is 0.146 e. The molecule has 3 nitrogen and oxygen atoms in total. The fourth-order valence-electron chi connectivity index (χ4n) is 1.16. The molecule has 0 aliphatic rings. The molecule has 1 aromatic rings. The monoisotopic (exact) mass is 220 g/mol. The maximum atomic E-state index is 11.0. The molecule has 1 rings (SSSR count). The van der Waals surface area contributed by atoms with Crippen LogP contribution >= 0.6 is 12.2 Å². The number of aliphatic imine (C=N–C) groups is 1. The van der Waals surface area contributed by atoms with Crippen LogP contribution in [0.5, 0.6) is 0 Å². The first kappa shape index (κ1) is 11.7. The smallest absolute Gasteiger partial charge is 0.146 e. The van der Waals surface area contributed by atoms with Gasteiger partial charge in [0.15, 0.2) is 0 Å². The first-order valence-corrected chi connectivity index (χ1v) is 4.97. The zero-order valence-electron chi connectivity index (χ0n) is 8.43. The lowest BCUT2D eigenvalue weighted by Gasteiger charge is -2.07. The van der Waals surface area contributed by atoms with Crippen molar-refractivity contribution in [3.05, 3.63) is 29.8 Å². The summed E-state index contributed by atoms with van der Waals surface area (Å²) in [4.78, 5) is 14.8. The van der Waals surface area contributed by atoms with Gasteiger partial charge in [-0.25, -0.2) is 0 Å². The van der Waals surface area contributed by atoms with Crippen LogP contribution in [0.1, 0.15) is 12.5 Å². The number of Topliss-reactive ketones (excluding diaryl/α,β-unsaturated/α-hetero) is 1. The van der Waals surface area contributed by atoms with Gasteiger partial charge in [-0.1, -0.05) is 12.1 Å². The lowest BCUT2D eigenvalue weighted by molar-refractivity contribution is -0.118. The summed E-state index contributed by atoms with van der Waals surface area (Å²) in [5.41, 5.74) is 7.41. The van der Waals surface area contributed by atoms with E-state index in [1.54, 1.807) is 0 Å². The number of isothiocyanates is 1. The van der Waals surface area contributed by atoms with Crippen LogP contribution in [0.2, 0.25) is 0 Å². The summed E-state index contributed by atoms with van der Waals surface area (Å²) in [5.74, 6) is -0.00371. The second-order valence-electron chi connectivity index (χ2n) is 3.29. The minimum absolute atomic E-state index is 0.00371. The highest BCUT2D eigenvalue weighted by Gasteiger charge is 2.08. The average Bonchev–Trinajstić information content (AvgIpc) is 2.21. The molecule has 0 heterocycles. The summed E-state index contributed by atoms with van der Waals surface area (Å²) in [6.07, 6.45) is 0.552. The number of hydrogen-bond donors (Lipinski definition) is 1. The van der Waals surface area contributed by atoms with E-state index in [4.69, 9.17) is 5.73 Å². The molecule has 1 atom stereocenters. The predicted octanol–water partition coefficient (Wildman–Crippen LogP) is 1.88. The van der Waals surface area contributed by atoms with Gasteiger partial charge in [0, 0.05) is 0 Å². The van der Waals surface area contributed by atoms with Gasteiger partial charge in [-0.2, -0.15) is 4.99 Å². The molecule has 0 aromatic heterocycles. The van der Waals surface area contributed by atoms with Gasteiger partial charge >= 0.3 is 0 Å². The summed E-state index contributed by atoms with van der Waals surface area (Å²) in [7, 11) is 0. The lowest BCUT2D eigenvalue weighted by Crippen LogP contribution is -2.30. The second kappa shape index (κ2) is 5.51. The Morgan fingerprint density at radius 1 is 1.53 bits per heavy atom. The van der Waals surface area contributed by atoms with E-state index in [1.807, 2.05) is 24.3 Å². The van der Waals surface area contributed by atoms with Gasteiger partial charge in [-0.15, -0.1) is 0 Å². The molecule has 0 aliphatic heterocycles. The predicted molar refractivity (Wildman–Crippen MR) is 63.5 cm³/mol. The van der Waals surface area contributed by atoms with Crippen LogP contribution in [0.25, 0.3) is 0 Å². The third-order valence-corrected chi connectivity index (χ3v) is 2.18. The largest absolute Gasteiger partial charge is 0.321 e. The number of benzene rings is 1. The Balaban J connectivity index is 2.72. The molecule has 0 saturated carbocycles. The molecular weight excluding hydrogens is 208 g/mol. The molecule has 1 aromatic carbocycles. The van der Waals surface area contributed by atoms with Gasteiger partial charge in [-0.3, -0.25) is 4.79 Å². The molecular formula is C11H12N2OS. The van der Waals surface area contributed by atoms with Gasteiger partial charge in [0.25, 0.3) is 0 Å². The first-order valence-electron chi connectivity index (χ1n) is 4.56. The van der Waals surface area contributed by atoms with Crippen molar-refractivity contribution >= 4 is 28.8 Å². The van der Waals surface area contributed by atoms with Crippen LogP contribution < -0.4 is 5.73 Å². The number of rotatable bonds is 4. The van der Waals surface area contributed by atoms with E-state index >= 15 is 0 Å². The van der Waals surface area contributed by atoms with Crippen molar-refractivity contribution in [3.63, 3.8) is 0 Å². The van der Waals surface area contributed by atoms with Gasteiger partial charge < -0.3 is 5.73 Å². The van der Waals surface area contributed by atoms with Crippen molar-refractivity contribution in [1.29, 1.82) is 0 Å². The summed E-state index contributed by atoms with van der Waals surface area (Å²) >= 11 is 4.49. The Kier molecular flexibility index (Phi) is 4.31. The van der Waals surface area contributed by atoms with E-state index in [1.165, 1.54) is 6.92 Å². The topological polar surface area (TPSA) is 55.5 Å². The number of carbonyl (C=O) groups is 1. The minimum Gasteiger partial charge on any atom is -0.321 e. The molecule has 4 heteroatoms. The number of carbonyl (C=O) groups excluding carboxylic acids is 1. The molecule has 2 N–H and O–H groups in total. The minimum atomic E-state index is -0.426. The molecule has 1 unspecified atom stereocenters. The number of nitrogens with two attached hydrogens (primary N) is 1. The van der Waals surface area contributed by atoms with Crippen LogP contribution in [0, 0.1) is 0 Å². The highest BCUT2D eigenvalue weighted by atomic mass is 32.1. The zero-order valence-corrected chi connectivity index (χ0v) is 9.25. The number of ketones is 1. The van der Waals surface area contributed by atoms with Gasteiger partial charge in [0.2, 0.25) is 0 Å². The number of thiocarbonyl (C=S) groups is 1. The van der Waals surface area contributed by atoms with E-state index in [0.29, 0.717) is 6.42 Å². The van der Waals surface area contributed by atoms with Crippen LogP contribution in [0.15, 0.2) is 29.3 Å². The fraction of sp³-hybridized carbons (Fsp3) is 0.273. The normalized spacial score (nSPS) is 11.6. The first-order chi connectivity index (χ1) is 7.13. The fourth-order valence-corrected chi connectivity index (χ4v) is 1.26. The summed E-state index contributed by atoms with van der Waals surface area (Å²) in [5, 5.41) is 2.29. The van der Waals surface area contributed by atoms with Crippen molar-refractivity contribution in [2.75, 3.05) is 0 Å². The van der Waals surface area contributed by atoms with E-state index in [0.717, 1.165) is 11.3 Å². The molecule has 0 aliphatic carbocycles.